The number of unbranched alkanes of at least 4 members (excludes halogenated alkanes) is 46. The highest BCUT2D eigenvalue weighted by molar-refractivity contribution is 5.76. The maximum atomic E-state index is 12.5. The van der Waals surface area contributed by atoms with Gasteiger partial charge in [0.2, 0.25) is 5.91 Å². The van der Waals surface area contributed by atoms with Gasteiger partial charge in [-0.3, -0.25) is 9.59 Å². The minimum atomic E-state index is -0.669. The van der Waals surface area contributed by atoms with Crippen LogP contribution in [0.3, 0.4) is 0 Å². The van der Waals surface area contributed by atoms with Crippen molar-refractivity contribution < 1.29 is 24.5 Å². The first-order valence-corrected chi connectivity index (χ1v) is 33.7. The molecule has 75 heavy (non-hydrogen) atoms. The topological polar surface area (TPSA) is 95.9 Å². The first kappa shape index (κ1) is 73.1. The summed E-state index contributed by atoms with van der Waals surface area (Å²) >= 11 is 0. The molecule has 0 spiro atoms. The molecule has 2 atom stereocenters. The Balaban J connectivity index is 3.44. The molecule has 2 unspecified atom stereocenters. The van der Waals surface area contributed by atoms with E-state index in [0.717, 1.165) is 51.4 Å². The van der Waals surface area contributed by atoms with Crippen LogP contribution in [-0.2, 0) is 14.3 Å². The van der Waals surface area contributed by atoms with Crippen molar-refractivity contribution in [2.75, 3.05) is 13.2 Å². The summed E-state index contributed by atoms with van der Waals surface area (Å²) in [5, 5.41) is 23.4. The normalized spacial score (nSPS) is 12.7. The van der Waals surface area contributed by atoms with Gasteiger partial charge in [-0.25, -0.2) is 0 Å². The second-order valence-electron chi connectivity index (χ2n) is 23.1. The van der Waals surface area contributed by atoms with Crippen molar-refractivity contribution in [3.05, 3.63) is 36.5 Å². The van der Waals surface area contributed by atoms with Gasteiger partial charge in [0.1, 0.15) is 0 Å². The molecule has 0 saturated carbocycles. The molecule has 0 rings (SSSR count). The number of rotatable bonds is 63. The monoisotopic (exact) mass is 1050 g/mol. The summed E-state index contributed by atoms with van der Waals surface area (Å²) in [6.45, 7) is 4.96. The predicted molar refractivity (Wildman–Crippen MR) is 329 cm³/mol. The standard InChI is InChI=1S/C69H131NO5/c1-3-5-7-9-11-13-15-17-19-20-28-31-34-37-41-45-49-53-57-61-67(72)66(65-71)70-68(73)62-58-54-50-46-42-38-35-32-29-26-24-22-21-23-25-27-30-33-36-40-44-48-52-56-60-64-75-69(74)63-59-55-51-47-43-39-18-16-14-12-10-8-6-4-2/h16,18,22-25,66-67,71-72H,3-15,17,19-21,26-65H2,1-2H3,(H,70,73)/b18-16-,24-22-,25-23-. The van der Waals surface area contributed by atoms with Gasteiger partial charge in [-0.1, -0.05) is 307 Å². The van der Waals surface area contributed by atoms with Crippen molar-refractivity contribution in [2.45, 2.75) is 379 Å². The van der Waals surface area contributed by atoms with E-state index >= 15 is 0 Å². The van der Waals surface area contributed by atoms with Crippen molar-refractivity contribution in [2.24, 2.45) is 0 Å². The molecule has 0 aliphatic rings. The molecule has 0 fully saturated rings. The smallest absolute Gasteiger partial charge is 0.305 e. The SMILES string of the molecule is CCCCCCC/C=C\CCCCCCCC(=O)OCCCCCCCCCCC/C=C\C/C=C\CCCCCCCCCCCC(=O)NC(CO)C(O)CCCCCCCCCCCCCCCCCCCCC. The molecule has 6 nitrogen and oxygen atoms in total. The Morgan fingerprint density at radius 3 is 1.03 bits per heavy atom. The second-order valence-corrected chi connectivity index (χ2v) is 23.1. The summed E-state index contributed by atoms with van der Waals surface area (Å²) in [6, 6.07) is -0.547. The van der Waals surface area contributed by atoms with Crippen LogP contribution in [-0.4, -0.2) is 47.4 Å². The maximum absolute atomic E-state index is 12.5. The third-order valence-electron chi connectivity index (χ3n) is 15.7. The number of hydrogen-bond donors (Lipinski definition) is 3. The van der Waals surface area contributed by atoms with Crippen molar-refractivity contribution in [3.8, 4) is 0 Å². The van der Waals surface area contributed by atoms with Gasteiger partial charge in [0, 0.05) is 12.8 Å². The molecular weight excluding hydrogens is 923 g/mol. The quantitative estimate of drug-likeness (QED) is 0.0320. The highest BCUT2D eigenvalue weighted by Gasteiger charge is 2.20. The summed E-state index contributed by atoms with van der Waals surface area (Å²) in [7, 11) is 0. The Bertz CT molecular complexity index is 1210. The molecule has 1 amide bonds. The van der Waals surface area contributed by atoms with Crippen molar-refractivity contribution in [1.82, 2.24) is 5.32 Å². The Labute approximate surface area is 468 Å². The third-order valence-corrected chi connectivity index (χ3v) is 15.7. The van der Waals surface area contributed by atoms with Crippen molar-refractivity contribution in [1.29, 1.82) is 0 Å². The molecule has 0 aromatic carbocycles. The molecule has 0 saturated heterocycles. The molecule has 0 radical (unpaired) electrons. The van der Waals surface area contributed by atoms with Crippen LogP contribution < -0.4 is 5.32 Å². The van der Waals surface area contributed by atoms with Gasteiger partial charge in [0.25, 0.3) is 0 Å². The summed E-state index contributed by atoms with van der Waals surface area (Å²) in [5.41, 5.74) is 0. The first-order valence-electron chi connectivity index (χ1n) is 33.7. The molecule has 442 valence electrons. The Hall–Kier alpha value is -1.92. The van der Waals surface area contributed by atoms with Crippen molar-refractivity contribution >= 4 is 11.9 Å². The van der Waals surface area contributed by atoms with Crippen LogP contribution >= 0.6 is 0 Å². The lowest BCUT2D eigenvalue weighted by Gasteiger charge is -2.22. The number of ether oxygens (including phenoxy) is 1. The van der Waals surface area contributed by atoms with E-state index in [9.17, 15) is 19.8 Å². The van der Waals surface area contributed by atoms with Gasteiger partial charge >= 0.3 is 5.97 Å². The summed E-state index contributed by atoms with van der Waals surface area (Å²) in [6.07, 6.45) is 81.7. The molecule has 0 aliphatic carbocycles. The van der Waals surface area contributed by atoms with Gasteiger partial charge in [0.05, 0.1) is 25.4 Å². The van der Waals surface area contributed by atoms with Crippen LogP contribution in [0, 0.1) is 0 Å². The number of aliphatic hydroxyl groups is 2. The molecule has 0 bridgehead atoms. The van der Waals surface area contributed by atoms with Gasteiger partial charge in [-0.15, -0.1) is 0 Å². The van der Waals surface area contributed by atoms with Crippen LogP contribution in [0.25, 0.3) is 0 Å². The van der Waals surface area contributed by atoms with Crippen LogP contribution in [0.4, 0.5) is 0 Å². The summed E-state index contributed by atoms with van der Waals surface area (Å²) in [5.74, 6) is -0.0373. The predicted octanol–water partition coefficient (Wildman–Crippen LogP) is 21.5. The summed E-state index contributed by atoms with van der Waals surface area (Å²) < 4.78 is 5.48. The van der Waals surface area contributed by atoms with Gasteiger partial charge in [-0.05, 0) is 83.5 Å². The average molecular weight is 1050 g/mol. The van der Waals surface area contributed by atoms with E-state index in [1.807, 2.05) is 0 Å². The number of allylic oxidation sites excluding steroid dienone is 6. The number of esters is 1. The number of hydrogen-bond acceptors (Lipinski definition) is 5. The number of amides is 1. The first-order chi connectivity index (χ1) is 37.0. The van der Waals surface area contributed by atoms with Crippen molar-refractivity contribution in [3.63, 3.8) is 0 Å². The molecule has 0 heterocycles. The van der Waals surface area contributed by atoms with E-state index in [1.165, 1.54) is 283 Å². The zero-order valence-corrected chi connectivity index (χ0v) is 50.5. The zero-order valence-electron chi connectivity index (χ0n) is 50.5. The van der Waals surface area contributed by atoms with E-state index in [4.69, 9.17) is 4.74 Å². The second kappa shape index (κ2) is 64.6. The van der Waals surface area contributed by atoms with Crippen LogP contribution in [0.15, 0.2) is 36.5 Å². The van der Waals surface area contributed by atoms with E-state index in [-0.39, 0.29) is 18.5 Å². The lowest BCUT2D eigenvalue weighted by molar-refractivity contribution is -0.143. The fourth-order valence-electron chi connectivity index (χ4n) is 10.5. The summed E-state index contributed by atoms with van der Waals surface area (Å²) in [4.78, 5) is 24.6. The Morgan fingerprint density at radius 1 is 0.373 bits per heavy atom. The van der Waals surface area contributed by atoms with Gasteiger partial charge in [0.15, 0.2) is 0 Å². The minimum Gasteiger partial charge on any atom is -0.466 e. The fraction of sp³-hybridized carbons (Fsp3) is 0.884. The molecule has 0 aliphatic heterocycles. The highest BCUT2D eigenvalue weighted by atomic mass is 16.5. The minimum absolute atomic E-state index is 0.000807. The highest BCUT2D eigenvalue weighted by Crippen LogP contribution is 2.18. The van der Waals surface area contributed by atoms with E-state index in [0.29, 0.717) is 25.9 Å². The zero-order chi connectivity index (χ0) is 54.3. The van der Waals surface area contributed by atoms with Gasteiger partial charge < -0.3 is 20.3 Å². The van der Waals surface area contributed by atoms with Crippen LogP contribution in [0.2, 0.25) is 0 Å². The number of aliphatic hydroxyl groups excluding tert-OH is 2. The third kappa shape index (κ3) is 61.2. The lowest BCUT2D eigenvalue weighted by Crippen LogP contribution is -2.45. The Kier molecular flexibility index (Phi) is 63.0. The lowest BCUT2D eigenvalue weighted by atomic mass is 10.0. The Morgan fingerprint density at radius 2 is 0.667 bits per heavy atom. The van der Waals surface area contributed by atoms with Crippen LogP contribution in [0.5, 0.6) is 0 Å². The molecular formula is C69H131NO5. The van der Waals surface area contributed by atoms with Crippen LogP contribution in [0.1, 0.15) is 367 Å². The van der Waals surface area contributed by atoms with Gasteiger partial charge in [-0.2, -0.15) is 0 Å². The molecule has 3 N–H and O–H groups in total. The number of carbonyl (C=O) groups excluding carboxylic acids is 2. The van der Waals surface area contributed by atoms with E-state index in [1.54, 1.807) is 0 Å². The fourth-order valence-corrected chi connectivity index (χ4v) is 10.5. The number of carbonyl (C=O) groups is 2. The van der Waals surface area contributed by atoms with E-state index < -0.39 is 12.1 Å². The molecule has 0 aromatic heterocycles. The van der Waals surface area contributed by atoms with E-state index in [2.05, 4.69) is 55.6 Å². The molecule has 6 heteroatoms. The maximum Gasteiger partial charge on any atom is 0.305 e. The average Bonchev–Trinajstić information content (AvgIpc) is 3.41. The molecule has 0 aromatic rings. The number of nitrogens with one attached hydrogen (secondary N) is 1. The largest absolute Gasteiger partial charge is 0.466 e.